The molecule has 10 heteroatoms. The first-order valence-electron chi connectivity index (χ1n) is 6.54. The molecule has 0 amide bonds. The molecule has 0 saturated heterocycles. The minimum absolute atomic E-state index is 0.204. The zero-order valence-corrected chi connectivity index (χ0v) is 12.2. The van der Waals surface area contributed by atoms with Crippen LogP contribution in [0.5, 0.6) is 0 Å². The fraction of sp³-hybridized carbons (Fsp3) is 0.267. The number of aromatic nitrogens is 1. The Morgan fingerprint density at radius 1 is 0.760 bits per heavy atom. The van der Waals surface area contributed by atoms with E-state index in [4.69, 9.17) is 0 Å². The summed E-state index contributed by atoms with van der Waals surface area (Å²) in [5.74, 6) is 0. The van der Waals surface area contributed by atoms with Gasteiger partial charge in [0.2, 0.25) is 0 Å². The predicted octanol–water partition coefficient (Wildman–Crippen LogP) is 6.11. The Bertz CT molecular complexity index is 753. The van der Waals surface area contributed by atoms with Crippen LogP contribution in [0.2, 0.25) is 0 Å². The highest BCUT2D eigenvalue weighted by molar-refractivity contribution is 5.72. The molecule has 1 aromatic carbocycles. The highest BCUT2D eigenvalue weighted by atomic mass is 19.4. The standard InChI is InChI=1S/C15H8F9N/c1-7-5-8(13(16,17)18)6-25-12(7)11-9(14(19,20)21)3-2-4-10(11)15(22,23)24/h2-6H,1H3. The van der Waals surface area contributed by atoms with Gasteiger partial charge in [-0.25, -0.2) is 0 Å². The fourth-order valence-corrected chi connectivity index (χ4v) is 2.27. The van der Waals surface area contributed by atoms with E-state index in [0.717, 1.165) is 6.92 Å². The number of alkyl halides is 9. The summed E-state index contributed by atoms with van der Waals surface area (Å²) < 4.78 is 117. The van der Waals surface area contributed by atoms with Crippen molar-refractivity contribution in [2.24, 2.45) is 0 Å². The molecule has 1 nitrogen and oxygen atoms in total. The molecule has 136 valence electrons. The van der Waals surface area contributed by atoms with Crippen molar-refractivity contribution >= 4 is 0 Å². The number of halogens is 9. The van der Waals surface area contributed by atoms with Crippen molar-refractivity contribution in [1.29, 1.82) is 0 Å². The molecule has 0 saturated carbocycles. The number of hydrogen-bond acceptors (Lipinski definition) is 1. The Kier molecular flexibility index (Phi) is 4.52. The Balaban J connectivity index is 2.82. The van der Waals surface area contributed by atoms with Crippen molar-refractivity contribution in [1.82, 2.24) is 4.98 Å². The molecule has 0 bridgehead atoms. The molecule has 0 spiro atoms. The number of hydrogen-bond donors (Lipinski definition) is 0. The van der Waals surface area contributed by atoms with Gasteiger partial charge in [-0.05, 0) is 30.7 Å². The van der Waals surface area contributed by atoms with Crippen LogP contribution in [0.4, 0.5) is 39.5 Å². The smallest absolute Gasteiger partial charge is 0.255 e. The van der Waals surface area contributed by atoms with Crippen molar-refractivity contribution < 1.29 is 39.5 Å². The second-order valence-electron chi connectivity index (χ2n) is 5.11. The van der Waals surface area contributed by atoms with E-state index in [1.807, 2.05) is 0 Å². The van der Waals surface area contributed by atoms with E-state index in [1.165, 1.54) is 0 Å². The third-order valence-electron chi connectivity index (χ3n) is 3.32. The average Bonchev–Trinajstić information content (AvgIpc) is 2.43. The Morgan fingerprint density at radius 2 is 1.24 bits per heavy atom. The summed E-state index contributed by atoms with van der Waals surface area (Å²) in [6.07, 6.45) is -14.9. The topological polar surface area (TPSA) is 12.9 Å². The number of aryl methyl sites for hydroxylation is 1. The fourth-order valence-electron chi connectivity index (χ4n) is 2.27. The minimum Gasteiger partial charge on any atom is -0.255 e. The van der Waals surface area contributed by atoms with Crippen molar-refractivity contribution in [3.8, 4) is 11.3 Å². The molecular formula is C15H8F9N. The highest BCUT2D eigenvalue weighted by Gasteiger charge is 2.42. The monoisotopic (exact) mass is 373 g/mol. The van der Waals surface area contributed by atoms with E-state index in [1.54, 1.807) is 0 Å². The van der Waals surface area contributed by atoms with Crippen LogP contribution in [0.1, 0.15) is 22.3 Å². The SMILES string of the molecule is Cc1cc(C(F)(F)F)cnc1-c1c(C(F)(F)F)cccc1C(F)(F)F. The molecule has 0 fully saturated rings. The van der Waals surface area contributed by atoms with E-state index in [-0.39, 0.29) is 6.20 Å². The predicted molar refractivity (Wildman–Crippen MR) is 69.4 cm³/mol. The molecule has 2 rings (SSSR count). The summed E-state index contributed by atoms with van der Waals surface area (Å²) in [7, 11) is 0. The van der Waals surface area contributed by atoms with Gasteiger partial charge < -0.3 is 0 Å². The molecule has 1 heterocycles. The molecule has 0 aliphatic carbocycles. The molecule has 25 heavy (non-hydrogen) atoms. The van der Waals surface area contributed by atoms with Crippen molar-refractivity contribution in [3.63, 3.8) is 0 Å². The van der Waals surface area contributed by atoms with E-state index in [0.29, 0.717) is 24.3 Å². The Morgan fingerprint density at radius 3 is 1.60 bits per heavy atom. The van der Waals surface area contributed by atoms with Crippen LogP contribution in [-0.2, 0) is 18.5 Å². The van der Waals surface area contributed by atoms with Crippen LogP contribution in [0, 0.1) is 6.92 Å². The van der Waals surface area contributed by atoms with Crippen LogP contribution in [0.15, 0.2) is 30.5 Å². The third-order valence-corrected chi connectivity index (χ3v) is 3.32. The van der Waals surface area contributed by atoms with Crippen molar-refractivity contribution in [2.45, 2.75) is 25.5 Å². The van der Waals surface area contributed by atoms with Gasteiger partial charge in [0.15, 0.2) is 0 Å². The quantitative estimate of drug-likeness (QED) is 0.550. The third kappa shape index (κ3) is 3.88. The number of rotatable bonds is 1. The zero-order chi connectivity index (χ0) is 19.2. The van der Waals surface area contributed by atoms with E-state index in [9.17, 15) is 39.5 Å². The van der Waals surface area contributed by atoms with Crippen LogP contribution in [0.25, 0.3) is 11.3 Å². The van der Waals surface area contributed by atoms with Crippen molar-refractivity contribution in [2.75, 3.05) is 0 Å². The minimum atomic E-state index is -5.15. The van der Waals surface area contributed by atoms with Gasteiger partial charge in [-0.2, -0.15) is 39.5 Å². The van der Waals surface area contributed by atoms with Crippen LogP contribution in [-0.4, -0.2) is 4.98 Å². The molecule has 0 unspecified atom stereocenters. The van der Waals surface area contributed by atoms with Gasteiger partial charge >= 0.3 is 18.5 Å². The van der Waals surface area contributed by atoms with Gasteiger partial charge in [0.25, 0.3) is 0 Å². The number of nitrogens with zero attached hydrogens (tertiary/aromatic N) is 1. The first-order valence-corrected chi connectivity index (χ1v) is 6.54. The first-order chi connectivity index (χ1) is 11.2. The average molecular weight is 373 g/mol. The van der Waals surface area contributed by atoms with Gasteiger partial charge in [0.1, 0.15) is 0 Å². The molecular weight excluding hydrogens is 365 g/mol. The second kappa shape index (κ2) is 5.92. The number of benzene rings is 1. The highest BCUT2D eigenvalue weighted by Crippen LogP contribution is 2.45. The maximum atomic E-state index is 13.1. The van der Waals surface area contributed by atoms with Gasteiger partial charge in [-0.15, -0.1) is 0 Å². The Labute approximate surface area is 135 Å². The molecule has 0 aliphatic rings. The van der Waals surface area contributed by atoms with Crippen molar-refractivity contribution in [3.05, 3.63) is 52.7 Å². The maximum absolute atomic E-state index is 13.1. The van der Waals surface area contributed by atoms with E-state index in [2.05, 4.69) is 4.98 Å². The van der Waals surface area contributed by atoms with Crippen LogP contribution < -0.4 is 0 Å². The molecule has 0 N–H and O–H groups in total. The summed E-state index contributed by atoms with van der Waals surface area (Å²) in [6.45, 7) is 0.963. The summed E-state index contributed by atoms with van der Waals surface area (Å²) in [5.41, 5.74) is -7.10. The van der Waals surface area contributed by atoms with E-state index < -0.39 is 52.0 Å². The van der Waals surface area contributed by atoms with Gasteiger partial charge in [0.05, 0.1) is 22.4 Å². The zero-order valence-electron chi connectivity index (χ0n) is 12.2. The number of pyridine rings is 1. The lowest BCUT2D eigenvalue weighted by molar-refractivity contribution is -0.142. The van der Waals surface area contributed by atoms with Crippen LogP contribution >= 0.6 is 0 Å². The molecule has 2 aromatic rings. The lowest BCUT2D eigenvalue weighted by atomic mass is 9.94. The molecule has 1 aromatic heterocycles. The van der Waals surface area contributed by atoms with Gasteiger partial charge in [-0.1, -0.05) is 6.07 Å². The maximum Gasteiger partial charge on any atom is 0.417 e. The second-order valence-corrected chi connectivity index (χ2v) is 5.11. The summed E-state index contributed by atoms with van der Waals surface area (Å²) in [6, 6.07) is 1.87. The summed E-state index contributed by atoms with van der Waals surface area (Å²) >= 11 is 0. The first kappa shape index (κ1) is 19.1. The van der Waals surface area contributed by atoms with Crippen LogP contribution in [0.3, 0.4) is 0 Å². The molecule has 0 aliphatic heterocycles. The van der Waals surface area contributed by atoms with E-state index >= 15 is 0 Å². The molecule has 0 atom stereocenters. The summed E-state index contributed by atoms with van der Waals surface area (Å²) in [5, 5.41) is 0. The normalized spacial score (nSPS) is 13.2. The largest absolute Gasteiger partial charge is 0.417 e. The Hall–Kier alpha value is -2.26. The lowest BCUT2D eigenvalue weighted by Crippen LogP contribution is -2.15. The lowest BCUT2D eigenvalue weighted by Gasteiger charge is -2.20. The molecule has 0 radical (unpaired) electrons. The summed E-state index contributed by atoms with van der Waals surface area (Å²) in [4.78, 5) is 3.24. The van der Waals surface area contributed by atoms with Gasteiger partial charge in [-0.3, -0.25) is 4.98 Å². The van der Waals surface area contributed by atoms with Gasteiger partial charge in [0, 0.05) is 11.8 Å².